The Balaban J connectivity index is 1.47. The Hall–Kier alpha value is -3.01. The highest BCUT2D eigenvalue weighted by atomic mass is 16.7. The average Bonchev–Trinajstić information content (AvgIpc) is 3.28. The zero-order chi connectivity index (χ0) is 18.1. The summed E-state index contributed by atoms with van der Waals surface area (Å²) in [6, 6.07) is 7.78. The van der Waals surface area contributed by atoms with E-state index < -0.39 is 0 Å². The van der Waals surface area contributed by atoms with E-state index in [1.165, 1.54) is 0 Å². The lowest BCUT2D eigenvalue weighted by Gasteiger charge is -2.29. The molecule has 26 heavy (non-hydrogen) atoms. The van der Waals surface area contributed by atoms with Gasteiger partial charge in [-0.15, -0.1) is 0 Å². The number of carbonyl (C=O) groups is 1. The van der Waals surface area contributed by atoms with Gasteiger partial charge in [0.25, 0.3) is 0 Å². The van der Waals surface area contributed by atoms with Crippen molar-refractivity contribution in [1.29, 1.82) is 5.26 Å². The number of hydrogen-bond acceptors (Lipinski definition) is 6. The number of hydrogen-bond donors (Lipinski definition) is 0. The fourth-order valence-electron chi connectivity index (χ4n) is 3.26. The predicted molar refractivity (Wildman–Crippen MR) is 91.4 cm³/mol. The Morgan fingerprint density at radius 2 is 2.08 bits per heavy atom. The molecule has 4 rings (SSSR count). The molecular formula is C19H19N3O4. The molecule has 134 valence electrons. The summed E-state index contributed by atoms with van der Waals surface area (Å²) in [6.07, 6.45) is 1.68. The number of benzene rings is 1. The maximum atomic E-state index is 12.5. The molecule has 1 saturated heterocycles. The quantitative estimate of drug-likeness (QED) is 0.843. The van der Waals surface area contributed by atoms with Crippen molar-refractivity contribution in [2.45, 2.75) is 26.2 Å². The van der Waals surface area contributed by atoms with Crippen LogP contribution in [0, 0.1) is 24.2 Å². The molecule has 0 saturated carbocycles. The van der Waals surface area contributed by atoms with Crippen LogP contribution in [0.4, 0.5) is 0 Å². The molecule has 0 spiro atoms. The van der Waals surface area contributed by atoms with E-state index in [0.29, 0.717) is 41.9 Å². The minimum Gasteiger partial charge on any atom is -0.454 e. The number of piperidine rings is 1. The minimum absolute atomic E-state index is 0.0232. The van der Waals surface area contributed by atoms with Crippen LogP contribution in [-0.4, -0.2) is 35.7 Å². The van der Waals surface area contributed by atoms with Gasteiger partial charge in [-0.2, -0.15) is 5.26 Å². The molecule has 0 unspecified atom stereocenters. The maximum absolute atomic E-state index is 12.5. The van der Waals surface area contributed by atoms with E-state index in [9.17, 15) is 4.79 Å². The van der Waals surface area contributed by atoms with Crippen LogP contribution in [0.15, 0.2) is 22.6 Å². The van der Waals surface area contributed by atoms with Gasteiger partial charge < -0.3 is 18.8 Å². The zero-order valence-electron chi connectivity index (χ0n) is 14.5. The molecule has 7 nitrogen and oxygen atoms in total. The van der Waals surface area contributed by atoms with Gasteiger partial charge >= 0.3 is 0 Å². The summed E-state index contributed by atoms with van der Waals surface area (Å²) in [5.74, 6) is 2.55. The van der Waals surface area contributed by atoms with E-state index in [1.807, 2.05) is 30.0 Å². The van der Waals surface area contributed by atoms with Crippen LogP contribution >= 0.6 is 0 Å². The number of aromatic nitrogens is 1. The van der Waals surface area contributed by atoms with Crippen LogP contribution in [0.25, 0.3) is 11.5 Å². The molecule has 0 bridgehead atoms. The summed E-state index contributed by atoms with van der Waals surface area (Å²) in [7, 11) is 0. The van der Waals surface area contributed by atoms with Crippen molar-refractivity contribution in [2.24, 2.45) is 5.92 Å². The van der Waals surface area contributed by atoms with Gasteiger partial charge in [-0.1, -0.05) is 0 Å². The lowest BCUT2D eigenvalue weighted by Crippen LogP contribution is -2.39. The summed E-state index contributed by atoms with van der Waals surface area (Å²) < 4.78 is 16.5. The Morgan fingerprint density at radius 1 is 1.31 bits per heavy atom. The van der Waals surface area contributed by atoms with Crippen LogP contribution < -0.4 is 9.47 Å². The zero-order valence-corrected chi connectivity index (χ0v) is 14.5. The monoisotopic (exact) mass is 353 g/mol. The van der Waals surface area contributed by atoms with Crippen molar-refractivity contribution in [1.82, 2.24) is 9.88 Å². The number of amides is 1. The van der Waals surface area contributed by atoms with E-state index in [4.69, 9.17) is 19.2 Å². The summed E-state index contributed by atoms with van der Waals surface area (Å²) in [4.78, 5) is 18.9. The van der Waals surface area contributed by atoms with Gasteiger partial charge in [0, 0.05) is 24.6 Å². The smallest absolute Gasteiger partial charge is 0.231 e. The van der Waals surface area contributed by atoms with Crippen LogP contribution in [0.2, 0.25) is 0 Å². The number of fused-ring (bicyclic) bond motifs is 1. The van der Waals surface area contributed by atoms with Crippen LogP contribution in [0.5, 0.6) is 11.5 Å². The second-order valence-electron chi connectivity index (χ2n) is 6.55. The third-order valence-electron chi connectivity index (χ3n) is 4.86. The largest absolute Gasteiger partial charge is 0.454 e. The molecule has 1 fully saturated rings. The molecule has 2 aromatic rings. The van der Waals surface area contributed by atoms with Crippen LogP contribution in [-0.2, 0) is 11.2 Å². The first-order valence-electron chi connectivity index (χ1n) is 8.68. The lowest BCUT2D eigenvalue weighted by atomic mass is 9.98. The van der Waals surface area contributed by atoms with Crippen molar-refractivity contribution in [3.8, 4) is 29.0 Å². The third-order valence-corrected chi connectivity index (χ3v) is 4.86. The Kier molecular flexibility index (Phi) is 4.25. The van der Waals surface area contributed by atoms with E-state index >= 15 is 0 Å². The van der Waals surface area contributed by atoms with Crippen molar-refractivity contribution in [3.63, 3.8) is 0 Å². The summed E-state index contributed by atoms with van der Waals surface area (Å²) in [6.45, 7) is 3.28. The van der Waals surface area contributed by atoms with Crippen molar-refractivity contribution in [2.75, 3.05) is 19.9 Å². The first-order valence-corrected chi connectivity index (χ1v) is 8.68. The highest BCUT2D eigenvalue weighted by molar-refractivity contribution is 5.79. The molecule has 2 aliphatic heterocycles. The molecule has 1 aromatic heterocycles. The second kappa shape index (κ2) is 6.71. The normalized spacial score (nSPS) is 16.5. The van der Waals surface area contributed by atoms with Crippen molar-refractivity contribution < 1.29 is 18.7 Å². The van der Waals surface area contributed by atoms with Crippen molar-refractivity contribution >= 4 is 5.91 Å². The molecular weight excluding hydrogens is 334 g/mol. The molecule has 0 aliphatic carbocycles. The van der Waals surface area contributed by atoms with E-state index in [2.05, 4.69) is 11.1 Å². The number of ether oxygens (including phenoxy) is 2. The first-order chi connectivity index (χ1) is 12.6. The third kappa shape index (κ3) is 3.10. The minimum atomic E-state index is 0.0232. The molecule has 0 radical (unpaired) electrons. The van der Waals surface area contributed by atoms with Gasteiger partial charge in [-0.05, 0) is 38.0 Å². The molecule has 7 heteroatoms. The fraction of sp³-hybridized carbons (Fsp3) is 0.421. The van der Waals surface area contributed by atoms with Crippen LogP contribution in [0.1, 0.15) is 24.3 Å². The van der Waals surface area contributed by atoms with E-state index in [-0.39, 0.29) is 25.0 Å². The topological polar surface area (TPSA) is 88.6 Å². The Bertz CT molecular complexity index is 875. The number of likely N-dealkylation sites (tertiary alicyclic amines) is 1. The van der Waals surface area contributed by atoms with Gasteiger partial charge in [0.1, 0.15) is 5.76 Å². The van der Waals surface area contributed by atoms with Crippen molar-refractivity contribution in [3.05, 3.63) is 29.7 Å². The highest BCUT2D eigenvalue weighted by Gasteiger charge is 2.24. The molecule has 3 heterocycles. The predicted octanol–water partition coefficient (Wildman–Crippen LogP) is 2.68. The van der Waals surface area contributed by atoms with Gasteiger partial charge in [0.2, 0.25) is 18.6 Å². The molecule has 1 amide bonds. The number of aryl methyl sites for hydroxylation is 1. The fourth-order valence-corrected chi connectivity index (χ4v) is 3.26. The van der Waals surface area contributed by atoms with Gasteiger partial charge in [0.15, 0.2) is 11.5 Å². The van der Waals surface area contributed by atoms with Gasteiger partial charge in [0.05, 0.1) is 18.2 Å². The number of carbonyl (C=O) groups excluding carboxylic acids is 1. The van der Waals surface area contributed by atoms with Gasteiger partial charge in [-0.3, -0.25) is 4.79 Å². The summed E-state index contributed by atoms with van der Waals surface area (Å²) >= 11 is 0. The number of nitriles is 1. The maximum Gasteiger partial charge on any atom is 0.231 e. The van der Waals surface area contributed by atoms with E-state index in [0.717, 1.165) is 18.4 Å². The Morgan fingerprint density at radius 3 is 2.85 bits per heavy atom. The molecule has 1 aromatic carbocycles. The molecule has 0 N–H and O–H groups in total. The first kappa shape index (κ1) is 16.5. The highest BCUT2D eigenvalue weighted by Crippen LogP contribution is 2.36. The summed E-state index contributed by atoms with van der Waals surface area (Å²) in [5, 5.41) is 8.96. The van der Waals surface area contributed by atoms with Gasteiger partial charge in [-0.25, -0.2) is 4.98 Å². The Labute approximate surface area is 151 Å². The average molecular weight is 353 g/mol. The summed E-state index contributed by atoms with van der Waals surface area (Å²) in [5.41, 5.74) is 1.43. The number of rotatable bonds is 3. The second-order valence-corrected chi connectivity index (χ2v) is 6.55. The van der Waals surface area contributed by atoms with E-state index in [1.54, 1.807) is 0 Å². The number of oxazole rings is 1. The number of nitrogens with zero attached hydrogens (tertiary/aromatic N) is 3. The lowest BCUT2D eigenvalue weighted by molar-refractivity contribution is -0.131. The molecule has 2 aliphatic rings. The SMILES string of the molecule is Cc1oc(-c2ccc3c(c2)OCO3)nc1CC(=O)N1CCC(C#N)CC1. The molecule has 0 atom stereocenters. The van der Waals surface area contributed by atoms with Crippen LogP contribution in [0.3, 0.4) is 0 Å². The standard InChI is InChI=1S/C19H19N3O4/c1-12-15(9-18(23)22-6-4-13(10-20)5-7-22)21-19(26-12)14-2-3-16-17(8-14)25-11-24-16/h2-3,8,13H,4-7,9,11H2,1H3.